The fourth-order valence-electron chi connectivity index (χ4n) is 2.36. The number of hydrogen-bond acceptors (Lipinski definition) is 6. The average Bonchev–Trinajstić information content (AvgIpc) is 3.10. The Kier molecular flexibility index (Phi) is 3.74. The summed E-state index contributed by atoms with van der Waals surface area (Å²) in [5.74, 6) is 1.41. The van der Waals surface area contributed by atoms with Crippen molar-refractivity contribution in [3.8, 4) is 11.5 Å². The Morgan fingerprint density at radius 3 is 2.67 bits per heavy atom. The summed E-state index contributed by atoms with van der Waals surface area (Å²) in [4.78, 5) is 0. The lowest BCUT2D eigenvalue weighted by atomic mass is 10.2. The minimum atomic E-state index is -0.450. The third-order valence-electron chi connectivity index (χ3n) is 3.58. The van der Waals surface area contributed by atoms with Crippen LogP contribution in [0.5, 0.6) is 11.5 Å². The lowest BCUT2D eigenvalue weighted by Crippen LogP contribution is -2.21. The maximum atomic E-state index is 12.9. The number of halogens is 1. The normalized spacial score (nSPS) is 16.0. The number of nitrogens with zero attached hydrogens (tertiary/aromatic N) is 2. The summed E-state index contributed by atoms with van der Waals surface area (Å²) in [6.45, 7) is 0.753. The second kappa shape index (κ2) is 6.19. The Bertz CT molecular complexity index is 835. The quantitative estimate of drug-likeness (QED) is 0.792. The zero-order chi connectivity index (χ0) is 16.4. The van der Waals surface area contributed by atoms with E-state index in [2.05, 4.69) is 15.5 Å². The lowest BCUT2D eigenvalue weighted by molar-refractivity contribution is 0.0717. The van der Waals surface area contributed by atoms with Crippen LogP contribution in [0.1, 0.15) is 17.6 Å². The van der Waals surface area contributed by atoms with Crippen LogP contribution in [0.25, 0.3) is 0 Å². The second-order valence-electron chi connectivity index (χ2n) is 5.29. The minimum absolute atomic E-state index is 0.270. The van der Waals surface area contributed by atoms with Crippen LogP contribution in [-0.2, 0) is 6.54 Å². The van der Waals surface area contributed by atoms with E-state index >= 15 is 0 Å². The van der Waals surface area contributed by atoms with Crippen molar-refractivity contribution in [2.24, 2.45) is 0 Å². The standard InChI is InChI=1S/C17H14FN3O3/c18-12-7-5-11(6-8-12)9-19-17-21-20-16(24-17)15-10-22-13-3-1-2-4-14(13)23-15/h1-8,15H,9-10H2,(H,19,21)/t15-/m0/s1. The molecule has 0 radical (unpaired) electrons. The summed E-state index contributed by atoms with van der Waals surface area (Å²) in [6, 6.07) is 13.9. The van der Waals surface area contributed by atoms with E-state index in [1.165, 1.54) is 12.1 Å². The summed E-state index contributed by atoms with van der Waals surface area (Å²) in [5.41, 5.74) is 0.905. The van der Waals surface area contributed by atoms with E-state index in [4.69, 9.17) is 13.9 Å². The molecular formula is C17H14FN3O3. The van der Waals surface area contributed by atoms with E-state index in [0.717, 1.165) is 5.56 Å². The Balaban J connectivity index is 1.41. The molecule has 1 aromatic heterocycles. The maximum Gasteiger partial charge on any atom is 0.315 e. The Labute approximate surface area is 137 Å². The third-order valence-corrected chi connectivity index (χ3v) is 3.58. The third kappa shape index (κ3) is 3.01. The van der Waals surface area contributed by atoms with Gasteiger partial charge in [-0.25, -0.2) is 4.39 Å². The fourth-order valence-corrected chi connectivity index (χ4v) is 2.36. The Morgan fingerprint density at radius 1 is 1.04 bits per heavy atom. The highest BCUT2D eigenvalue weighted by Crippen LogP contribution is 2.35. The van der Waals surface area contributed by atoms with Gasteiger partial charge < -0.3 is 19.2 Å². The van der Waals surface area contributed by atoms with E-state index in [9.17, 15) is 4.39 Å². The van der Waals surface area contributed by atoms with Crippen molar-refractivity contribution in [2.75, 3.05) is 11.9 Å². The van der Waals surface area contributed by atoms with Gasteiger partial charge >= 0.3 is 6.01 Å². The van der Waals surface area contributed by atoms with Gasteiger partial charge in [-0.15, -0.1) is 5.10 Å². The number of para-hydroxylation sites is 2. The van der Waals surface area contributed by atoms with Crippen LogP contribution in [0.4, 0.5) is 10.4 Å². The van der Waals surface area contributed by atoms with Gasteiger partial charge in [0.05, 0.1) is 0 Å². The highest BCUT2D eigenvalue weighted by atomic mass is 19.1. The summed E-state index contributed by atoms with van der Waals surface area (Å²) in [7, 11) is 0. The number of hydrogen-bond donors (Lipinski definition) is 1. The van der Waals surface area contributed by atoms with Gasteiger partial charge in [0.25, 0.3) is 5.89 Å². The van der Waals surface area contributed by atoms with E-state index in [1.54, 1.807) is 12.1 Å². The average molecular weight is 327 g/mol. The highest BCUT2D eigenvalue weighted by molar-refractivity contribution is 5.41. The van der Waals surface area contributed by atoms with E-state index in [1.807, 2.05) is 24.3 Å². The van der Waals surface area contributed by atoms with E-state index < -0.39 is 6.10 Å². The van der Waals surface area contributed by atoms with Crippen LogP contribution in [0.15, 0.2) is 52.9 Å². The molecule has 4 rings (SSSR count). The van der Waals surface area contributed by atoms with Gasteiger partial charge in [-0.05, 0) is 29.8 Å². The first-order chi connectivity index (χ1) is 11.8. The van der Waals surface area contributed by atoms with Gasteiger partial charge in [0.1, 0.15) is 12.4 Å². The molecule has 6 nitrogen and oxygen atoms in total. The molecule has 1 aliphatic rings. The van der Waals surface area contributed by atoms with Crippen molar-refractivity contribution in [1.29, 1.82) is 0 Å². The predicted molar refractivity (Wildman–Crippen MR) is 83.3 cm³/mol. The SMILES string of the molecule is Fc1ccc(CNc2nnc([C@@H]3COc4ccccc4O3)o2)cc1. The van der Waals surface area contributed by atoms with Gasteiger partial charge in [-0.1, -0.05) is 29.4 Å². The topological polar surface area (TPSA) is 69.4 Å². The number of rotatable bonds is 4. The van der Waals surface area contributed by atoms with Gasteiger partial charge in [0.15, 0.2) is 11.5 Å². The van der Waals surface area contributed by atoms with Crippen LogP contribution in [-0.4, -0.2) is 16.8 Å². The smallest absolute Gasteiger partial charge is 0.315 e. The van der Waals surface area contributed by atoms with Crippen molar-refractivity contribution < 1.29 is 18.3 Å². The van der Waals surface area contributed by atoms with E-state index in [-0.39, 0.29) is 11.8 Å². The minimum Gasteiger partial charge on any atom is -0.485 e. The highest BCUT2D eigenvalue weighted by Gasteiger charge is 2.27. The zero-order valence-electron chi connectivity index (χ0n) is 12.6. The molecule has 1 N–H and O–H groups in total. The van der Waals surface area contributed by atoms with Crippen LogP contribution in [0.2, 0.25) is 0 Å². The first kappa shape index (κ1) is 14.5. The molecule has 0 fully saturated rings. The molecule has 1 atom stereocenters. The molecule has 7 heteroatoms. The molecule has 0 unspecified atom stereocenters. The van der Waals surface area contributed by atoms with Crippen LogP contribution in [0.3, 0.4) is 0 Å². The molecule has 0 saturated carbocycles. The molecule has 0 aliphatic carbocycles. The van der Waals surface area contributed by atoms with Crippen LogP contribution in [0, 0.1) is 5.82 Å². The van der Waals surface area contributed by atoms with Crippen molar-refractivity contribution in [2.45, 2.75) is 12.6 Å². The monoisotopic (exact) mass is 327 g/mol. The number of ether oxygens (including phenoxy) is 2. The van der Waals surface area contributed by atoms with Crippen LogP contribution >= 0.6 is 0 Å². The number of aromatic nitrogens is 2. The largest absolute Gasteiger partial charge is 0.485 e. The molecule has 1 aliphatic heterocycles. The molecule has 0 bridgehead atoms. The van der Waals surface area contributed by atoms with Crippen molar-refractivity contribution in [3.63, 3.8) is 0 Å². The molecule has 0 saturated heterocycles. The Hall–Kier alpha value is -3.09. The molecule has 122 valence electrons. The summed E-state index contributed by atoms with van der Waals surface area (Å²) < 4.78 is 29.9. The van der Waals surface area contributed by atoms with E-state index in [0.29, 0.717) is 30.5 Å². The zero-order valence-corrected chi connectivity index (χ0v) is 12.6. The molecule has 2 aromatic carbocycles. The molecule has 0 amide bonds. The summed E-state index contributed by atoms with van der Waals surface area (Å²) in [6.07, 6.45) is -0.450. The number of benzene rings is 2. The first-order valence-corrected chi connectivity index (χ1v) is 7.48. The molecule has 24 heavy (non-hydrogen) atoms. The van der Waals surface area contributed by atoms with Gasteiger partial charge in [0.2, 0.25) is 6.10 Å². The predicted octanol–water partition coefficient (Wildman–Crippen LogP) is 3.33. The maximum absolute atomic E-state index is 12.9. The summed E-state index contributed by atoms with van der Waals surface area (Å²) >= 11 is 0. The number of nitrogens with one attached hydrogen (secondary N) is 1. The van der Waals surface area contributed by atoms with Gasteiger partial charge in [-0.3, -0.25) is 0 Å². The Morgan fingerprint density at radius 2 is 1.83 bits per heavy atom. The molecule has 0 spiro atoms. The fraction of sp³-hybridized carbons (Fsp3) is 0.176. The van der Waals surface area contributed by atoms with Crippen molar-refractivity contribution >= 4 is 6.01 Å². The molecular weight excluding hydrogens is 313 g/mol. The van der Waals surface area contributed by atoms with Crippen molar-refractivity contribution in [3.05, 3.63) is 65.8 Å². The van der Waals surface area contributed by atoms with Crippen LogP contribution < -0.4 is 14.8 Å². The van der Waals surface area contributed by atoms with Gasteiger partial charge in [-0.2, -0.15) is 0 Å². The number of fused-ring (bicyclic) bond motifs is 1. The van der Waals surface area contributed by atoms with Gasteiger partial charge in [0, 0.05) is 6.54 Å². The molecule has 3 aromatic rings. The number of anilines is 1. The second-order valence-corrected chi connectivity index (χ2v) is 5.29. The first-order valence-electron chi connectivity index (χ1n) is 7.48. The summed E-state index contributed by atoms with van der Waals surface area (Å²) in [5, 5.41) is 10.9. The molecule has 2 heterocycles. The lowest BCUT2D eigenvalue weighted by Gasteiger charge is -2.23. The van der Waals surface area contributed by atoms with Crippen molar-refractivity contribution in [1.82, 2.24) is 10.2 Å².